The molecule has 3 aromatic carbocycles. The van der Waals surface area contributed by atoms with Crippen LogP contribution in [0.3, 0.4) is 0 Å². The van der Waals surface area contributed by atoms with Crippen molar-refractivity contribution in [1.29, 1.82) is 0 Å². The lowest BCUT2D eigenvalue weighted by Gasteiger charge is -2.16. The van der Waals surface area contributed by atoms with E-state index in [1.54, 1.807) is 24.8 Å². The van der Waals surface area contributed by atoms with Crippen LogP contribution in [0.4, 0.5) is 11.4 Å². The lowest BCUT2D eigenvalue weighted by molar-refractivity contribution is -0.125. The standard InChI is InChI=1S/C26H23N3O2S2/c1-18(30)20-12-6-7-13-21(20)27-33-17-29(16-19-10-4-3-5-11-19)25(31)24(33)26-28(2)22-14-8-9-15-23(22)32-26/h3-15H,16-17H2,1-2H3/b26-24-. The monoisotopic (exact) mass is 473 g/mol. The lowest BCUT2D eigenvalue weighted by Crippen LogP contribution is -2.25. The highest BCUT2D eigenvalue weighted by molar-refractivity contribution is 8.05. The molecule has 1 saturated heterocycles. The van der Waals surface area contributed by atoms with Gasteiger partial charge in [-0.1, -0.05) is 66.4 Å². The minimum absolute atomic E-state index is 0.00778. The summed E-state index contributed by atoms with van der Waals surface area (Å²) >= 11 is 1.62. The number of hydrogen-bond acceptors (Lipinski definition) is 5. The van der Waals surface area contributed by atoms with Crippen LogP contribution in [0.5, 0.6) is 0 Å². The molecule has 0 N–H and O–H groups in total. The second-order valence-corrected chi connectivity index (χ2v) is 10.5. The van der Waals surface area contributed by atoms with Gasteiger partial charge in [-0.3, -0.25) is 9.59 Å². The number of amides is 1. The molecule has 0 aliphatic carbocycles. The number of para-hydroxylation sites is 1. The van der Waals surface area contributed by atoms with Crippen molar-refractivity contribution >= 4 is 45.5 Å². The van der Waals surface area contributed by atoms with Crippen molar-refractivity contribution in [2.24, 2.45) is 4.36 Å². The third-order valence-electron chi connectivity index (χ3n) is 5.64. The minimum atomic E-state index is -0.709. The Morgan fingerprint density at radius 1 is 1.00 bits per heavy atom. The minimum Gasteiger partial charge on any atom is -0.337 e. The Bertz CT molecular complexity index is 1320. The Labute approximate surface area is 200 Å². The number of ketones is 1. The van der Waals surface area contributed by atoms with Crippen LogP contribution in [0.15, 0.2) is 98.1 Å². The molecule has 0 radical (unpaired) electrons. The lowest BCUT2D eigenvalue weighted by atomic mass is 10.1. The molecule has 33 heavy (non-hydrogen) atoms. The largest absolute Gasteiger partial charge is 0.337 e. The summed E-state index contributed by atoms with van der Waals surface area (Å²) in [6, 6.07) is 25.6. The van der Waals surface area contributed by atoms with E-state index in [0.29, 0.717) is 28.6 Å². The van der Waals surface area contributed by atoms with Crippen molar-refractivity contribution in [3.05, 3.63) is 99.9 Å². The van der Waals surface area contributed by atoms with E-state index in [1.807, 2.05) is 72.6 Å². The fourth-order valence-corrected chi connectivity index (χ4v) is 7.32. The van der Waals surface area contributed by atoms with Crippen LogP contribution in [-0.2, 0) is 22.0 Å². The van der Waals surface area contributed by atoms with Crippen LogP contribution < -0.4 is 4.90 Å². The number of benzene rings is 3. The van der Waals surface area contributed by atoms with E-state index in [-0.39, 0.29) is 11.7 Å². The van der Waals surface area contributed by atoms with Gasteiger partial charge in [0, 0.05) is 24.1 Å². The Hall–Kier alpha value is -3.16. The summed E-state index contributed by atoms with van der Waals surface area (Å²) in [5, 5.41) is 0.921. The first-order valence-electron chi connectivity index (χ1n) is 10.6. The molecule has 7 heteroatoms. The Kier molecular flexibility index (Phi) is 5.91. The molecule has 1 fully saturated rings. The Morgan fingerprint density at radius 2 is 1.70 bits per heavy atom. The summed E-state index contributed by atoms with van der Waals surface area (Å²) in [5.41, 5.74) is 3.40. The van der Waals surface area contributed by atoms with Gasteiger partial charge in [0.2, 0.25) is 0 Å². The van der Waals surface area contributed by atoms with Gasteiger partial charge in [-0.15, -0.1) is 0 Å². The zero-order valence-electron chi connectivity index (χ0n) is 18.4. The van der Waals surface area contributed by atoms with Crippen molar-refractivity contribution < 1.29 is 9.59 Å². The average Bonchev–Trinajstić information content (AvgIpc) is 3.30. The van der Waals surface area contributed by atoms with Crippen LogP contribution in [0.2, 0.25) is 0 Å². The van der Waals surface area contributed by atoms with E-state index in [4.69, 9.17) is 4.36 Å². The third-order valence-corrected chi connectivity index (χ3v) is 8.81. The molecule has 2 aliphatic heterocycles. The molecule has 3 aromatic rings. The summed E-state index contributed by atoms with van der Waals surface area (Å²) in [6.07, 6.45) is 0. The van der Waals surface area contributed by atoms with Gasteiger partial charge in [-0.05, 0) is 47.4 Å². The van der Waals surface area contributed by atoms with Gasteiger partial charge in [-0.25, -0.2) is 4.36 Å². The molecule has 0 bridgehead atoms. The van der Waals surface area contributed by atoms with Gasteiger partial charge < -0.3 is 9.80 Å². The zero-order valence-corrected chi connectivity index (χ0v) is 20.0. The predicted molar refractivity (Wildman–Crippen MR) is 135 cm³/mol. The number of anilines is 1. The van der Waals surface area contributed by atoms with E-state index < -0.39 is 10.7 Å². The highest BCUT2D eigenvalue weighted by Crippen LogP contribution is 2.48. The van der Waals surface area contributed by atoms with Gasteiger partial charge in [0.15, 0.2) is 5.78 Å². The fraction of sp³-hybridized carbons (Fsp3) is 0.154. The molecule has 166 valence electrons. The van der Waals surface area contributed by atoms with E-state index >= 15 is 0 Å². The topological polar surface area (TPSA) is 53.0 Å². The zero-order chi connectivity index (χ0) is 22.9. The molecule has 1 amide bonds. The van der Waals surface area contributed by atoms with Crippen molar-refractivity contribution in [2.45, 2.75) is 18.4 Å². The molecular weight excluding hydrogens is 450 g/mol. The van der Waals surface area contributed by atoms with Crippen LogP contribution in [0, 0.1) is 0 Å². The molecular formula is C26H23N3O2S2. The Balaban J connectivity index is 1.62. The number of hydrogen-bond donors (Lipinski definition) is 0. The van der Waals surface area contributed by atoms with Gasteiger partial charge in [0.1, 0.15) is 9.93 Å². The molecule has 1 atom stereocenters. The van der Waals surface area contributed by atoms with Crippen LogP contribution in [0.25, 0.3) is 0 Å². The van der Waals surface area contributed by atoms with Gasteiger partial charge >= 0.3 is 0 Å². The normalized spacial score (nSPS) is 19.9. The van der Waals surface area contributed by atoms with Gasteiger partial charge in [0.05, 0.1) is 17.3 Å². The molecule has 0 saturated carbocycles. The fourth-order valence-electron chi connectivity index (χ4n) is 3.97. The van der Waals surface area contributed by atoms with Crippen LogP contribution in [0.1, 0.15) is 22.8 Å². The summed E-state index contributed by atoms with van der Waals surface area (Å²) in [7, 11) is 1.29. The van der Waals surface area contributed by atoms with E-state index in [2.05, 4.69) is 17.0 Å². The predicted octanol–water partition coefficient (Wildman–Crippen LogP) is 5.73. The summed E-state index contributed by atoms with van der Waals surface area (Å²) in [5.74, 6) is 0.482. The quantitative estimate of drug-likeness (QED) is 0.359. The van der Waals surface area contributed by atoms with Crippen molar-refractivity contribution in [2.75, 3.05) is 17.8 Å². The first-order valence-corrected chi connectivity index (χ1v) is 12.8. The molecule has 2 aliphatic rings. The molecule has 2 heterocycles. The van der Waals surface area contributed by atoms with Crippen LogP contribution in [-0.4, -0.2) is 29.5 Å². The number of carbonyl (C=O) groups excluding carboxylic acids is 2. The number of rotatable bonds is 4. The first kappa shape index (κ1) is 21.7. The number of thioether (sulfide) groups is 1. The molecule has 5 nitrogen and oxygen atoms in total. The smallest absolute Gasteiger partial charge is 0.265 e. The Morgan fingerprint density at radius 3 is 2.45 bits per heavy atom. The summed E-state index contributed by atoms with van der Waals surface area (Å²) in [4.78, 5) is 31.7. The third kappa shape index (κ3) is 4.14. The second kappa shape index (κ2) is 9.00. The maximum Gasteiger partial charge on any atom is 0.265 e. The van der Waals surface area contributed by atoms with E-state index in [0.717, 1.165) is 21.2 Å². The maximum atomic E-state index is 13.7. The number of Topliss-reactive ketones (excluding diaryl/α,β-unsaturated/α-hetero) is 1. The van der Waals surface area contributed by atoms with E-state index in [9.17, 15) is 9.59 Å². The molecule has 0 spiro atoms. The second-order valence-electron chi connectivity index (χ2n) is 7.91. The summed E-state index contributed by atoms with van der Waals surface area (Å²) in [6.45, 7) is 2.08. The number of carbonyl (C=O) groups is 2. The molecule has 5 rings (SSSR count). The number of nitrogens with zero attached hydrogens (tertiary/aromatic N) is 3. The first-order chi connectivity index (χ1) is 16.0. The number of fused-ring (bicyclic) bond motifs is 1. The maximum absolute atomic E-state index is 13.7. The van der Waals surface area contributed by atoms with Gasteiger partial charge in [-0.2, -0.15) is 0 Å². The SMILES string of the molecule is CC(=O)c1ccccc1N=S1CN(Cc2ccccc2)C(=O)/C1=C1/Sc2ccccc2N1C. The highest BCUT2D eigenvalue weighted by Gasteiger charge is 2.38. The van der Waals surface area contributed by atoms with Crippen molar-refractivity contribution in [3.8, 4) is 0 Å². The molecule has 1 unspecified atom stereocenters. The molecule has 0 aromatic heterocycles. The summed E-state index contributed by atoms with van der Waals surface area (Å²) < 4.78 is 4.99. The van der Waals surface area contributed by atoms with Crippen LogP contribution >= 0.6 is 11.8 Å². The average molecular weight is 474 g/mol. The van der Waals surface area contributed by atoms with Crippen molar-refractivity contribution in [1.82, 2.24) is 4.90 Å². The highest BCUT2D eigenvalue weighted by atomic mass is 32.2. The van der Waals surface area contributed by atoms with E-state index in [1.165, 1.54) is 0 Å². The van der Waals surface area contributed by atoms with Gasteiger partial charge in [0.25, 0.3) is 5.91 Å². The van der Waals surface area contributed by atoms with Crippen molar-refractivity contribution in [3.63, 3.8) is 0 Å².